The number of nitrogens with zero attached hydrogens (tertiary/aromatic N) is 2. The SMILES string of the molecule is Cc1cc(C)c(NC(=O)CN(C)C(=O)C2CC3CCCCC3N2C(=O)c2ccccc2)c(C)c1. The average Bonchev–Trinajstić information content (AvgIpc) is 3.20. The van der Waals surface area contributed by atoms with Crippen LogP contribution in [-0.2, 0) is 9.59 Å². The highest BCUT2D eigenvalue weighted by atomic mass is 16.2. The third-order valence-corrected chi connectivity index (χ3v) is 7.33. The second kappa shape index (κ2) is 10.00. The molecule has 4 rings (SSSR count). The maximum absolute atomic E-state index is 13.6. The molecule has 1 saturated carbocycles. The molecule has 1 saturated heterocycles. The molecule has 3 unspecified atom stereocenters. The number of anilines is 1. The molecule has 6 nitrogen and oxygen atoms in total. The van der Waals surface area contributed by atoms with E-state index in [-0.39, 0.29) is 30.3 Å². The number of carbonyl (C=O) groups excluding carboxylic acids is 3. The zero-order chi connectivity index (χ0) is 24.4. The summed E-state index contributed by atoms with van der Waals surface area (Å²) in [6, 6.07) is 12.8. The summed E-state index contributed by atoms with van der Waals surface area (Å²) >= 11 is 0. The first-order valence-electron chi connectivity index (χ1n) is 12.3. The minimum atomic E-state index is -0.526. The molecular formula is C28H35N3O3. The molecular weight excluding hydrogens is 426 g/mol. The number of nitrogens with one attached hydrogen (secondary N) is 1. The number of carbonyl (C=O) groups is 3. The molecule has 0 radical (unpaired) electrons. The van der Waals surface area contributed by atoms with Crippen LogP contribution in [0.4, 0.5) is 5.69 Å². The maximum Gasteiger partial charge on any atom is 0.254 e. The molecule has 2 fully saturated rings. The number of benzene rings is 2. The Morgan fingerprint density at radius 3 is 2.32 bits per heavy atom. The first-order valence-corrected chi connectivity index (χ1v) is 12.3. The number of likely N-dealkylation sites (tertiary alicyclic amines) is 1. The molecule has 2 aromatic rings. The van der Waals surface area contributed by atoms with Crippen molar-refractivity contribution >= 4 is 23.4 Å². The fourth-order valence-electron chi connectivity index (χ4n) is 5.81. The van der Waals surface area contributed by atoms with Crippen molar-refractivity contribution in [1.29, 1.82) is 0 Å². The minimum Gasteiger partial charge on any atom is -0.335 e. The largest absolute Gasteiger partial charge is 0.335 e. The Kier molecular flexibility index (Phi) is 7.05. The van der Waals surface area contributed by atoms with Crippen molar-refractivity contribution in [2.75, 3.05) is 18.9 Å². The summed E-state index contributed by atoms with van der Waals surface area (Å²) in [6.45, 7) is 5.92. The molecule has 180 valence electrons. The highest BCUT2D eigenvalue weighted by Crippen LogP contribution is 2.41. The molecule has 1 aliphatic carbocycles. The molecule has 1 aliphatic heterocycles. The summed E-state index contributed by atoms with van der Waals surface area (Å²) in [6.07, 6.45) is 4.87. The van der Waals surface area contributed by atoms with Crippen molar-refractivity contribution in [3.63, 3.8) is 0 Å². The summed E-state index contributed by atoms with van der Waals surface area (Å²) in [5.74, 6) is -0.138. The van der Waals surface area contributed by atoms with Crippen LogP contribution < -0.4 is 5.32 Å². The van der Waals surface area contributed by atoms with E-state index in [1.807, 2.05) is 68.1 Å². The standard InChI is InChI=1S/C28H35N3O3/c1-18-14-19(2)26(20(3)15-18)29-25(32)17-30(4)28(34)24-16-22-12-8-9-13-23(22)31(24)27(33)21-10-6-5-7-11-21/h5-7,10-11,14-15,22-24H,8-9,12-13,16-17H2,1-4H3,(H,29,32). The van der Waals surface area contributed by atoms with Gasteiger partial charge in [-0.1, -0.05) is 48.7 Å². The van der Waals surface area contributed by atoms with Gasteiger partial charge in [0, 0.05) is 24.3 Å². The Hall–Kier alpha value is -3.15. The monoisotopic (exact) mass is 461 g/mol. The molecule has 3 atom stereocenters. The van der Waals surface area contributed by atoms with E-state index in [1.54, 1.807) is 7.05 Å². The smallest absolute Gasteiger partial charge is 0.254 e. The number of aryl methyl sites for hydroxylation is 3. The van der Waals surface area contributed by atoms with Gasteiger partial charge in [-0.2, -0.15) is 0 Å². The van der Waals surface area contributed by atoms with Crippen LogP contribution in [0.15, 0.2) is 42.5 Å². The molecule has 0 bridgehead atoms. The number of amides is 3. The molecule has 0 aromatic heterocycles. The third-order valence-electron chi connectivity index (χ3n) is 7.33. The van der Waals surface area contributed by atoms with Gasteiger partial charge in [0.25, 0.3) is 5.91 Å². The van der Waals surface area contributed by atoms with Crippen molar-refractivity contribution in [2.45, 2.75) is 65.0 Å². The second-order valence-corrected chi connectivity index (χ2v) is 9.96. The van der Waals surface area contributed by atoms with Crippen molar-refractivity contribution in [1.82, 2.24) is 9.80 Å². The lowest BCUT2D eigenvalue weighted by Gasteiger charge is -2.34. The summed E-state index contributed by atoms with van der Waals surface area (Å²) in [5, 5.41) is 2.98. The van der Waals surface area contributed by atoms with E-state index in [0.29, 0.717) is 17.9 Å². The van der Waals surface area contributed by atoms with Crippen molar-refractivity contribution in [3.8, 4) is 0 Å². The molecule has 3 amide bonds. The van der Waals surface area contributed by atoms with E-state index in [9.17, 15) is 14.4 Å². The summed E-state index contributed by atoms with van der Waals surface area (Å²) in [4.78, 5) is 43.2. The Bertz CT molecular complexity index is 1060. The van der Waals surface area contributed by atoms with E-state index in [4.69, 9.17) is 0 Å². The van der Waals surface area contributed by atoms with Crippen LogP contribution in [0.2, 0.25) is 0 Å². The summed E-state index contributed by atoms with van der Waals surface area (Å²) in [5.41, 5.74) is 4.55. The lowest BCUT2D eigenvalue weighted by molar-refractivity contribution is -0.137. The number of hydrogen-bond acceptors (Lipinski definition) is 3. The molecule has 1 heterocycles. The van der Waals surface area contributed by atoms with Gasteiger partial charge in [0.05, 0.1) is 6.54 Å². The highest BCUT2D eigenvalue weighted by Gasteiger charge is 2.48. The lowest BCUT2D eigenvalue weighted by atomic mass is 9.84. The number of hydrogen-bond donors (Lipinski definition) is 1. The van der Waals surface area contributed by atoms with Gasteiger partial charge in [-0.25, -0.2) is 0 Å². The van der Waals surface area contributed by atoms with Crippen LogP contribution in [0.3, 0.4) is 0 Å². The number of fused-ring (bicyclic) bond motifs is 1. The maximum atomic E-state index is 13.6. The van der Waals surface area contributed by atoms with Crippen molar-refractivity contribution in [3.05, 3.63) is 64.7 Å². The van der Waals surface area contributed by atoms with Crippen LogP contribution in [0.5, 0.6) is 0 Å². The molecule has 1 N–H and O–H groups in total. The van der Waals surface area contributed by atoms with Crippen molar-refractivity contribution in [2.24, 2.45) is 5.92 Å². The first kappa shape index (κ1) is 24.0. The van der Waals surface area contributed by atoms with E-state index in [1.165, 1.54) is 4.90 Å². The van der Waals surface area contributed by atoms with Gasteiger partial charge >= 0.3 is 0 Å². The van der Waals surface area contributed by atoms with Crippen LogP contribution in [0.1, 0.15) is 59.2 Å². The van der Waals surface area contributed by atoms with Gasteiger partial charge in [-0.15, -0.1) is 0 Å². The van der Waals surface area contributed by atoms with Gasteiger partial charge in [-0.05, 0) is 69.2 Å². The molecule has 34 heavy (non-hydrogen) atoms. The van der Waals surface area contributed by atoms with E-state index in [2.05, 4.69) is 5.32 Å². The topological polar surface area (TPSA) is 69.7 Å². The quantitative estimate of drug-likeness (QED) is 0.714. The fraction of sp³-hybridized carbons (Fsp3) is 0.464. The second-order valence-electron chi connectivity index (χ2n) is 9.96. The normalized spacial score (nSPS) is 21.6. The van der Waals surface area contributed by atoms with E-state index < -0.39 is 6.04 Å². The average molecular weight is 462 g/mol. The van der Waals surface area contributed by atoms with E-state index >= 15 is 0 Å². The summed E-state index contributed by atoms with van der Waals surface area (Å²) in [7, 11) is 1.66. The van der Waals surface area contributed by atoms with Crippen LogP contribution in [0, 0.1) is 26.7 Å². The van der Waals surface area contributed by atoms with Crippen LogP contribution in [-0.4, -0.2) is 53.2 Å². The summed E-state index contributed by atoms with van der Waals surface area (Å²) < 4.78 is 0. The third kappa shape index (κ3) is 4.86. The van der Waals surface area contributed by atoms with Crippen LogP contribution in [0.25, 0.3) is 0 Å². The predicted octanol–water partition coefficient (Wildman–Crippen LogP) is 4.48. The van der Waals surface area contributed by atoms with Gasteiger partial charge in [0.15, 0.2) is 0 Å². The minimum absolute atomic E-state index is 0.0508. The predicted molar refractivity (Wildman–Crippen MR) is 134 cm³/mol. The fourth-order valence-corrected chi connectivity index (χ4v) is 5.81. The van der Waals surface area contributed by atoms with Gasteiger partial charge < -0.3 is 15.1 Å². The molecule has 2 aromatic carbocycles. The zero-order valence-electron chi connectivity index (χ0n) is 20.6. The number of rotatable bonds is 5. The highest BCUT2D eigenvalue weighted by molar-refractivity contribution is 6.00. The van der Waals surface area contributed by atoms with Crippen molar-refractivity contribution < 1.29 is 14.4 Å². The Labute approximate surface area is 202 Å². The van der Waals surface area contributed by atoms with Crippen LogP contribution >= 0.6 is 0 Å². The number of likely N-dealkylation sites (N-methyl/N-ethyl adjacent to an activating group) is 1. The van der Waals surface area contributed by atoms with Gasteiger partial charge in [0.2, 0.25) is 11.8 Å². The van der Waals surface area contributed by atoms with E-state index in [0.717, 1.165) is 48.1 Å². The van der Waals surface area contributed by atoms with Gasteiger partial charge in [0.1, 0.15) is 6.04 Å². The molecule has 6 heteroatoms. The molecule has 0 spiro atoms. The first-order chi connectivity index (χ1) is 16.3. The van der Waals surface area contributed by atoms with Gasteiger partial charge in [-0.3, -0.25) is 14.4 Å². The zero-order valence-corrected chi connectivity index (χ0v) is 20.6. The lowest BCUT2D eigenvalue weighted by Crippen LogP contribution is -2.51. The Morgan fingerprint density at radius 1 is 1.00 bits per heavy atom. The Morgan fingerprint density at radius 2 is 1.65 bits per heavy atom. The Balaban J connectivity index is 1.49. The molecule has 2 aliphatic rings.